The second-order valence-corrected chi connectivity index (χ2v) is 5.15. The summed E-state index contributed by atoms with van der Waals surface area (Å²) >= 11 is 0. The van der Waals surface area contributed by atoms with Gasteiger partial charge in [0, 0.05) is 0 Å². The standard InChI is InChI=1S/C12H20NO3/c1-12(2,3)16-11(15)10(9-14)13-7-5-4-6-8-13/h10H,4-8H2,1-3H3. The molecule has 4 nitrogen and oxygen atoms in total. The first-order valence-corrected chi connectivity index (χ1v) is 5.78. The molecule has 4 heteroatoms. The van der Waals surface area contributed by atoms with Crippen molar-refractivity contribution in [1.29, 1.82) is 0 Å². The molecule has 0 aromatic heterocycles. The van der Waals surface area contributed by atoms with Crippen LogP contribution in [0.1, 0.15) is 40.0 Å². The second-order valence-electron chi connectivity index (χ2n) is 5.15. The number of hydrogen-bond donors (Lipinski definition) is 0. The van der Waals surface area contributed by atoms with E-state index in [1.54, 1.807) is 27.1 Å². The molecule has 91 valence electrons. The van der Waals surface area contributed by atoms with Crippen LogP contribution in [0.25, 0.3) is 0 Å². The van der Waals surface area contributed by atoms with Gasteiger partial charge in [-0.05, 0) is 46.7 Å². The fourth-order valence-corrected chi connectivity index (χ4v) is 1.81. The molecule has 1 radical (unpaired) electrons. The van der Waals surface area contributed by atoms with E-state index >= 15 is 0 Å². The highest BCUT2D eigenvalue weighted by Gasteiger charge is 2.31. The van der Waals surface area contributed by atoms with Crippen LogP contribution in [0.5, 0.6) is 0 Å². The summed E-state index contributed by atoms with van der Waals surface area (Å²) in [7, 11) is 0. The first-order chi connectivity index (χ1) is 7.44. The molecule has 0 saturated carbocycles. The number of rotatable bonds is 3. The lowest BCUT2D eigenvalue weighted by Crippen LogP contribution is -2.47. The number of carbonyl (C=O) groups is 1. The minimum absolute atomic E-state index is 0.482. The molecule has 1 unspecified atom stereocenters. The van der Waals surface area contributed by atoms with Crippen molar-refractivity contribution >= 4 is 12.3 Å². The Morgan fingerprint density at radius 2 is 1.81 bits per heavy atom. The van der Waals surface area contributed by atoms with Crippen molar-refractivity contribution in [2.24, 2.45) is 0 Å². The Morgan fingerprint density at radius 3 is 2.25 bits per heavy atom. The van der Waals surface area contributed by atoms with E-state index in [0.29, 0.717) is 0 Å². The normalized spacial score (nSPS) is 20.2. The van der Waals surface area contributed by atoms with E-state index in [1.165, 1.54) is 0 Å². The summed E-state index contributed by atoms with van der Waals surface area (Å²) in [6.45, 7) is 6.94. The third-order valence-electron chi connectivity index (χ3n) is 2.50. The number of esters is 1. The number of ether oxygens (including phenoxy) is 1. The summed E-state index contributed by atoms with van der Waals surface area (Å²) in [5, 5.41) is 0. The molecule has 1 aliphatic rings. The van der Waals surface area contributed by atoms with Crippen LogP contribution in [0.3, 0.4) is 0 Å². The van der Waals surface area contributed by atoms with E-state index in [2.05, 4.69) is 0 Å². The van der Waals surface area contributed by atoms with Gasteiger partial charge in [0.15, 0.2) is 6.04 Å². The first kappa shape index (κ1) is 13.2. The van der Waals surface area contributed by atoms with Crippen molar-refractivity contribution in [1.82, 2.24) is 4.90 Å². The van der Waals surface area contributed by atoms with Gasteiger partial charge in [0.25, 0.3) is 0 Å². The van der Waals surface area contributed by atoms with E-state index in [0.717, 1.165) is 32.4 Å². The van der Waals surface area contributed by atoms with Crippen molar-refractivity contribution < 1.29 is 14.3 Å². The van der Waals surface area contributed by atoms with Crippen LogP contribution in [0.4, 0.5) is 0 Å². The Bertz CT molecular complexity index is 251. The molecule has 0 aromatic rings. The Kier molecular flexibility index (Phi) is 4.47. The number of piperidine rings is 1. The van der Waals surface area contributed by atoms with Crippen molar-refractivity contribution in [3.8, 4) is 0 Å². The smallest absolute Gasteiger partial charge is 0.332 e. The van der Waals surface area contributed by atoms with Crippen LogP contribution in [0.15, 0.2) is 0 Å². The Labute approximate surface area is 96.9 Å². The van der Waals surface area contributed by atoms with E-state index in [4.69, 9.17) is 4.74 Å². The maximum absolute atomic E-state index is 11.8. The zero-order valence-corrected chi connectivity index (χ0v) is 10.3. The van der Waals surface area contributed by atoms with Gasteiger partial charge in [-0.3, -0.25) is 9.69 Å². The van der Waals surface area contributed by atoms with Gasteiger partial charge in [-0.15, -0.1) is 0 Å². The minimum atomic E-state index is -0.848. The zero-order chi connectivity index (χ0) is 12.2. The summed E-state index contributed by atoms with van der Waals surface area (Å²) in [6.07, 6.45) is 5.02. The maximum Gasteiger partial charge on any atom is 0.332 e. The van der Waals surface area contributed by atoms with Gasteiger partial charge in [0.1, 0.15) is 5.60 Å². The second kappa shape index (κ2) is 5.43. The van der Waals surface area contributed by atoms with Crippen molar-refractivity contribution in [3.05, 3.63) is 0 Å². The van der Waals surface area contributed by atoms with Crippen molar-refractivity contribution in [2.75, 3.05) is 13.1 Å². The van der Waals surface area contributed by atoms with Crippen LogP contribution >= 0.6 is 0 Å². The summed E-state index contributed by atoms with van der Waals surface area (Å²) in [5.74, 6) is -0.482. The number of carbonyl (C=O) groups excluding carboxylic acids is 2. The fourth-order valence-electron chi connectivity index (χ4n) is 1.81. The Balaban J connectivity index is 2.58. The highest BCUT2D eigenvalue weighted by molar-refractivity contribution is 5.92. The molecular formula is C12H20NO3. The molecular weight excluding hydrogens is 206 g/mol. The molecule has 0 bridgehead atoms. The minimum Gasteiger partial charge on any atom is -0.458 e. The molecule has 0 aliphatic carbocycles. The van der Waals surface area contributed by atoms with Crippen molar-refractivity contribution in [3.63, 3.8) is 0 Å². The quantitative estimate of drug-likeness (QED) is 0.537. The van der Waals surface area contributed by atoms with Crippen LogP contribution < -0.4 is 0 Å². The van der Waals surface area contributed by atoms with Crippen LogP contribution in [-0.2, 0) is 14.3 Å². The number of hydrogen-bond acceptors (Lipinski definition) is 4. The predicted molar refractivity (Wildman–Crippen MR) is 60.8 cm³/mol. The summed E-state index contributed by atoms with van der Waals surface area (Å²) in [5.41, 5.74) is -0.554. The zero-order valence-electron chi connectivity index (χ0n) is 10.3. The van der Waals surface area contributed by atoms with Crippen LogP contribution in [0.2, 0.25) is 0 Å². The van der Waals surface area contributed by atoms with Gasteiger partial charge in [-0.25, -0.2) is 4.79 Å². The maximum atomic E-state index is 11.8. The molecule has 1 heterocycles. The summed E-state index contributed by atoms with van der Waals surface area (Å²) < 4.78 is 5.20. The van der Waals surface area contributed by atoms with Crippen molar-refractivity contribution in [2.45, 2.75) is 51.7 Å². The highest BCUT2D eigenvalue weighted by atomic mass is 16.6. The van der Waals surface area contributed by atoms with Gasteiger partial charge >= 0.3 is 5.97 Å². The van der Waals surface area contributed by atoms with E-state index in [1.807, 2.05) is 4.90 Å². The number of likely N-dealkylation sites (tertiary alicyclic amines) is 1. The average Bonchev–Trinajstić information content (AvgIpc) is 2.17. The molecule has 1 saturated heterocycles. The molecule has 0 N–H and O–H groups in total. The van der Waals surface area contributed by atoms with E-state index < -0.39 is 17.6 Å². The van der Waals surface area contributed by atoms with E-state index in [9.17, 15) is 9.59 Å². The molecule has 16 heavy (non-hydrogen) atoms. The summed E-state index contributed by atoms with van der Waals surface area (Å²) in [6, 6.07) is -0.848. The highest BCUT2D eigenvalue weighted by Crippen LogP contribution is 2.15. The van der Waals surface area contributed by atoms with E-state index in [-0.39, 0.29) is 0 Å². The Morgan fingerprint density at radius 1 is 1.25 bits per heavy atom. The Hall–Kier alpha value is -0.900. The topological polar surface area (TPSA) is 46.6 Å². The molecule has 1 aliphatic heterocycles. The van der Waals surface area contributed by atoms with Gasteiger partial charge in [-0.1, -0.05) is 6.42 Å². The van der Waals surface area contributed by atoms with Gasteiger partial charge in [0.2, 0.25) is 6.29 Å². The van der Waals surface area contributed by atoms with Gasteiger partial charge in [-0.2, -0.15) is 0 Å². The molecule has 0 spiro atoms. The molecule has 1 atom stereocenters. The van der Waals surface area contributed by atoms with Gasteiger partial charge in [0.05, 0.1) is 0 Å². The third kappa shape index (κ3) is 3.93. The summed E-state index contributed by atoms with van der Waals surface area (Å²) in [4.78, 5) is 24.5. The largest absolute Gasteiger partial charge is 0.458 e. The predicted octanol–water partition coefficient (Wildman–Crippen LogP) is 1.29. The first-order valence-electron chi connectivity index (χ1n) is 5.78. The molecule has 1 fully saturated rings. The third-order valence-corrected chi connectivity index (χ3v) is 2.50. The molecule has 0 aromatic carbocycles. The monoisotopic (exact) mass is 226 g/mol. The average molecular weight is 226 g/mol. The number of nitrogens with zero attached hydrogens (tertiary/aromatic N) is 1. The fraction of sp³-hybridized carbons (Fsp3) is 0.833. The lowest BCUT2D eigenvalue weighted by molar-refractivity contribution is -0.158. The van der Waals surface area contributed by atoms with Crippen LogP contribution in [-0.4, -0.2) is 41.9 Å². The van der Waals surface area contributed by atoms with Gasteiger partial charge < -0.3 is 4.74 Å². The lowest BCUT2D eigenvalue weighted by atomic mass is 10.1. The SMILES string of the molecule is CC(C)(C)OC(=O)C([C]=O)N1CCCCC1. The molecule has 1 rings (SSSR count). The van der Waals surface area contributed by atoms with Crippen LogP contribution in [0, 0.1) is 0 Å². The molecule has 0 amide bonds. The lowest BCUT2D eigenvalue weighted by Gasteiger charge is -2.31.